The Balaban J connectivity index is 2.07. The summed E-state index contributed by atoms with van der Waals surface area (Å²) in [4.78, 5) is 0. The molecule has 4 nitrogen and oxygen atoms in total. The van der Waals surface area contributed by atoms with E-state index < -0.39 is 0 Å². The molecule has 0 aliphatic carbocycles. The van der Waals surface area contributed by atoms with Crippen LogP contribution in [0.4, 0.5) is 0 Å². The van der Waals surface area contributed by atoms with E-state index in [4.69, 9.17) is 4.42 Å². The Bertz CT molecular complexity index is 590. The smallest absolute Gasteiger partial charge is 0.248 e. The summed E-state index contributed by atoms with van der Waals surface area (Å²) in [6, 6.07) is 5.86. The van der Waals surface area contributed by atoms with Crippen molar-refractivity contribution in [3.05, 3.63) is 33.0 Å². The number of hydrogen-bond acceptors (Lipinski definition) is 4. The van der Waals surface area contributed by atoms with Crippen molar-refractivity contribution in [2.24, 2.45) is 0 Å². The molecule has 108 valence electrons. The third kappa shape index (κ3) is 4.40. The molecule has 1 aromatic heterocycles. The predicted octanol–water partition coefficient (Wildman–Crippen LogP) is 4.19. The van der Waals surface area contributed by atoms with Gasteiger partial charge in [-0.15, -0.1) is 10.2 Å². The zero-order valence-electron chi connectivity index (χ0n) is 11.7. The number of benzene rings is 1. The highest BCUT2D eigenvalue weighted by molar-refractivity contribution is 9.11. The maximum absolute atomic E-state index is 5.71. The Hall–Kier alpha value is -0.720. The normalized spacial score (nSPS) is 11.8. The number of nitrogens with one attached hydrogen (secondary N) is 1. The molecule has 6 heteroatoms. The van der Waals surface area contributed by atoms with Gasteiger partial charge in [-0.2, -0.15) is 0 Å². The van der Waals surface area contributed by atoms with Crippen molar-refractivity contribution in [1.82, 2.24) is 15.5 Å². The van der Waals surface area contributed by atoms with E-state index in [0.717, 1.165) is 27.5 Å². The van der Waals surface area contributed by atoms with Crippen LogP contribution in [0.2, 0.25) is 0 Å². The summed E-state index contributed by atoms with van der Waals surface area (Å²) in [7, 11) is 0. The maximum atomic E-state index is 5.71. The van der Waals surface area contributed by atoms with Crippen molar-refractivity contribution in [1.29, 1.82) is 0 Å². The van der Waals surface area contributed by atoms with E-state index in [1.165, 1.54) is 0 Å². The summed E-state index contributed by atoms with van der Waals surface area (Å²) < 4.78 is 7.62. The van der Waals surface area contributed by atoms with Crippen LogP contribution >= 0.6 is 31.9 Å². The predicted molar refractivity (Wildman–Crippen MR) is 86.6 cm³/mol. The fraction of sp³-hybridized carbons (Fsp3) is 0.429. The van der Waals surface area contributed by atoms with Gasteiger partial charge in [0, 0.05) is 27.4 Å². The fourth-order valence-electron chi connectivity index (χ4n) is 1.67. The number of halogens is 2. The van der Waals surface area contributed by atoms with Crippen LogP contribution in [-0.4, -0.2) is 22.3 Å². The van der Waals surface area contributed by atoms with Crippen LogP contribution in [0.5, 0.6) is 0 Å². The van der Waals surface area contributed by atoms with Gasteiger partial charge < -0.3 is 9.73 Å². The van der Waals surface area contributed by atoms with Crippen molar-refractivity contribution in [2.75, 3.05) is 6.54 Å². The van der Waals surface area contributed by atoms with E-state index >= 15 is 0 Å². The van der Waals surface area contributed by atoms with Gasteiger partial charge in [0.05, 0.1) is 5.56 Å². The van der Waals surface area contributed by atoms with Crippen LogP contribution in [0.3, 0.4) is 0 Å². The molecule has 1 aromatic carbocycles. The molecule has 0 saturated heterocycles. The van der Waals surface area contributed by atoms with Crippen molar-refractivity contribution in [3.8, 4) is 11.5 Å². The lowest BCUT2D eigenvalue weighted by atomic mass is 10.1. The molecule has 1 heterocycles. The molecule has 0 amide bonds. The Morgan fingerprint density at radius 1 is 1.20 bits per heavy atom. The molecule has 0 radical (unpaired) electrons. The monoisotopic (exact) mass is 401 g/mol. The van der Waals surface area contributed by atoms with Crippen molar-refractivity contribution >= 4 is 31.9 Å². The Morgan fingerprint density at radius 3 is 2.65 bits per heavy atom. The van der Waals surface area contributed by atoms with Gasteiger partial charge in [-0.05, 0) is 54.9 Å². The quantitative estimate of drug-likeness (QED) is 0.832. The third-order valence-corrected chi connectivity index (χ3v) is 3.80. The number of nitrogens with zero attached hydrogens (tertiary/aromatic N) is 2. The SMILES string of the molecule is CC(C)(C)NCCc1nnc(-c2cc(Br)ccc2Br)o1. The summed E-state index contributed by atoms with van der Waals surface area (Å²) in [6.45, 7) is 7.20. The summed E-state index contributed by atoms with van der Waals surface area (Å²) in [5.41, 5.74) is 0.984. The van der Waals surface area contributed by atoms with Crippen molar-refractivity contribution in [3.63, 3.8) is 0 Å². The maximum Gasteiger partial charge on any atom is 0.248 e. The lowest BCUT2D eigenvalue weighted by Gasteiger charge is -2.19. The Labute approximate surface area is 135 Å². The average molecular weight is 403 g/mol. The standard InChI is InChI=1S/C14H17Br2N3O/c1-14(2,3)17-7-6-12-18-19-13(20-12)10-8-9(15)4-5-11(10)16/h4-5,8,17H,6-7H2,1-3H3. The van der Waals surface area contributed by atoms with Crippen molar-refractivity contribution in [2.45, 2.75) is 32.7 Å². The first kappa shape index (κ1) is 15.7. The van der Waals surface area contributed by atoms with Crippen LogP contribution in [0.1, 0.15) is 26.7 Å². The summed E-state index contributed by atoms with van der Waals surface area (Å²) >= 11 is 6.94. The lowest BCUT2D eigenvalue weighted by molar-refractivity contribution is 0.412. The molecular formula is C14H17Br2N3O. The minimum absolute atomic E-state index is 0.0934. The summed E-state index contributed by atoms with van der Waals surface area (Å²) in [5, 5.41) is 11.6. The molecule has 2 aromatic rings. The highest BCUT2D eigenvalue weighted by atomic mass is 79.9. The number of rotatable bonds is 4. The molecule has 1 N–H and O–H groups in total. The second-order valence-corrected chi connectivity index (χ2v) is 7.32. The van der Waals surface area contributed by atoms with E-state index in [1.54, 1.807) is 0 Å². The van der Waals surface area contributed by atoms with Crippen LogP contribution in [0.15, 0.2) is 31.6 Å². The second-order valence-electron chi connectivity index (χ2n) is 5.55. The highest BCUT2D eigenvalue weighted by Crippen LogP contribution is 2.30. The van der Waals surface area contributed by atoms with E-state index in [1.807, 2.05) is 18.2 Å². The zero-order valence-corrected chi connectivity index (χ0v) is 14.9. The molecule has 0 aliphatic rings. The van der Waals surface area contributed by atoms with Gasteiger partial charge in [0.15, 0.2) is 0 Å². The largest absolute Gasteiger partial charge is 0.421 e. The first-order valence-electron chi connectivity index (χ1n) is 6.38. The molecule has 0 fully saturated rings. The molecule has 0 aliphatic heterocycles. The van der Waals surface area contributed by atoms with Gasteiger partial charge >= 0.3 is 0 Å². The van der Waals surface area contributed by atoms with Gasteiger partial charge in [0.1, 0.15) is 0 Å². The molecule has 0 saturated carbocycles. The number of aromatic nitrogens is 2. The fourth-order valence-corrected chi connectivity index (χ4v) is 2.45. The van der Waals surface area contributed by atoms with Crippen molar-refractivity contribution < 1.29 is 4.42 Å². The van der Waals surface area contributed by atoms with Crippen LogP contribution in [0, 0.1) is 0 Å². The van der Waals surface area contributed by atoms with E-state index in [0.29, 0.717) is 11.8 Å². The highest BCUT2D eigenvalue weighted by Gasteiger charge is 2.13. The van der Waals surface area contributed by atoms with Crippen LogP contribution in [-0.2, 0) is 6.42 Å². The zero-order chi connectivity index (χ0) is 14.8. The summed E-state index contributed by atoms with van der Waals surface area (Å²) in [5.74, 6) is 1.17. The Kier molecular flexibility index (Phi) is 4.99. The third-order valence-electron chi connectivity index (χ3n) is 2.62. The average Bonchev–Trinajstić information content (AvgIpc) is 2.79. The first-order valence-corrected chi connectivity index (χ1v) is 7.96. The summed E-state index contributed by atoms with van der Waals surface area (Å²) in [6.07, 6.45) is 0.718. The van der Waals surface area contributed by atoms with E-state index in [9.17, 15) is 0 Å². The Morgan fingerprint density at radius 2 is 1.95 bits per heavy atom. The van der Waals surface area contributed by atoms with Crippen LogP contribution in [0.25, 0.3) is 11.5 Å². The molecule has 0 spiro atoms. The lowest BCUT2D eigenvalue weighted by Crippen LogP contribution is -2.37. The molecule has 2 rings (SSSR count). The van der Waals surface area contributed by atoms with Gasteiger partial charge in [0.25, 0.3) is 0 Å². The van der Waals surface area contributed by atoms with Gasteiger partial charge in [-0.1, -0.05) is 15.9 Å². The molecule has 0 bridgehead atoms. The molecule has 0 atom stereocenters. The molecule has 0 unspecified atom stereocenters. The minimum Gasteiger partial charge on any atom is -0.421 e. The number of hydrogen-bond donors (Lipinski definition) is 1. The van der Waals surface area contributed by atoms with Crippen LogP contribution < -0.4 is 5.32 Å². The van der Waals surface area contributed by atoms with E-state index in [2.05, 4.69) is 68.1 Å². The second kappa shape index (κ2) is 6.37. The minimum atomic E-state index is 0.0934. The van der Waals surface area contributed by atoms with Gasteiger partial charge in [-0.25, -0.2) is 0 Å². The molecule has 20 heavy (non-hydrogen) atoms. The van der Waals surface area contributed by atoms with Gasteiger partial charge in [0.2, 0.25) is 11.8 Å². The first-order chi connectivity index (χ1) is 9.35. The van der Waals surface area contributed by atoms with E-state index in [-0.39, 0.29) is 5.54 Å². The van der Waals surface area contributed by atoms with Gasteiger partial charge in [-0.3, -0.25) is 0 Å². The molecular weight excluding hydrogens is 386 g/mol. The topological polar surface area (TPSA) is 51.0 Å².